The summed E-state index contributed by atoms with van der Waals surface area (Å²) >= 11 is 0. The number of halogens is 3. The van der Waals surface area contributed by atoms with Crippen LogP contribution in [-0.4, -0.2) is 62.2 Å². The van der Waals surface area contributed by atoms with E-state index in [4.69, 9.17) is 14.3 Å². The summed E-state index contributed by atoms with van der Waals surface area (Å²) in [5.41, 5.74) is -0.155. The Hall–Kier alpha value is -2.91. The zero-order valence-corrected chi connectivity index (χ0v) is 22.5. The van der Waals surface area contributed by atoms with Crippen LogP contribution in [-0.2, 0) is 30.0 Å². The van der Waals surface area contributed by atoms with Crippen LogP contribution in [0.1, 0.15) is 44.6 Å². The van der Waals surface area contributed by atoms with Gasteiger partial charge in [-0.25, -0.2) is 18.7 Å². The van der Waals surface area contributed by atoms with Gasteiger partial charge in [0.2, 0.25) is 10.0 Å². The standard InChI is InChI=1S/C26H31F3N2O8S/c1-25(33,24(32)30-39-23-8-4-5-17-36-23)21-6-2-3-7-22(21)40(34,35)31-15-13-19(14-16-31)37-18-9-11-20(12-10-18)38-26(27,28)29/h2-3,6-7,9-12,19,23,33H,4-5,8,13-17H2,1H3,(H,30,32). The van der Waals surface area contributed by atoms with Crippen molar-refractivity contribution in [3.8, 4) is 11.5 Å². The summed E-state index contributed by atoms with van der Waals surface area (Å²) < 4.78 is 80.5. The highest BCUT2D eigenvalue weighted by atomic mass is 32.2. The molecule has 2 heterocycles. The summed E-state index contributed by atoms with van der Waals surface area (Å²) in [7, 11) is -4.11. The van der Waals surface area contributed by atoms with Gasteiger partial charge in [-0.05, 0) is 62.9 Å². The molecule has 1 amide bonds. The number of carbonyl (C=O) groups excluding carboxylic acids is 1. The Labute approximate surface area is 230 Å². The number of alkyl halides is 3. The number of sulfonamides is 1. The van der Waals surface area contributed by atoms with Crippen molar-refractivity contribution < 1.29 is 50.5 Å². The number of hydrogen-bond acceptors (Lipinski definition) is 8. The number of nitrogens with one attached hydrogen (secondary N) is 1. The highest BCUT2D eigenvalue weighted by Crippen LogP contribution is 2.32. The average Bonchev–Trinajstić information content (AvgIpc) is 2.93. The molecule has 0 aromatic heterocycles. The van der Waals surface area contributed by atoms with Gasteiger partial charge in [-0.1, -0.05) is 18.2 Å². The molecule has 2 aromatic rings. The van der Waals surface area contributed by atoms with Crippen molar-refractivity contribution in [3.05, 3.63) is 54.1 Å². The van der Waals surface area contributed by atoms with Crippen LogP contribution in [0.15, 0.2) is 53.4 Å². The second-order valence-electron chi connectivity index (χ2n) is 9.65. The molecule has 0 saturated carbocycles. The van der Waals surface area contributed by atoms with Crippen molar-refractivity contribution in [3.63, 3.8) is 0 Å². The van der Waals surface area contributed by atoms with Crippen molar-refractivity contribution in [2.45, 2.75) is 68.3 Å². The van der Waals surface area contributed by atoms with Crippen molar-refractivity contribution >= 4 is 15.9 Å². The van der Waals surface area contributed by atoms with Crippen LogP contribution >= 0.6 is 0 Å². The Morgan fingerprint density at radius 3 is 2.30 bits per heavy atom. The molecule has 40 heavy (non-hydrogen) atoms. The molecule has 14 heteroatoms. The highest BCUT2D eigenvalue weighted by Gasteiger charge is 2.40. The lowest BCUT2D eigenvalue weighted by Gasteiger charge is -2.33. The van der Waals surface area contributed by atoms with E-state index >= 15 is 0 Å². The molecule has 2 atom stereocenters. The minimum absolute atomic E-state index is 0.0903. The number of hydroxylamine groups is 1. The number of carbonyl (C=O) groups is 1. The van der Waals surface area contributed by atoms with Crippen LogP contribution in [0.3, 0.4) is 0 Å². The van der Waals surface area contributed by atoms with Crippen LogP contribution in [0, 0.1) is 0 Å². The number of nitrogens with zero attached hydrogens (tertiary/aromatic N) is 1. The minimum Gasteiger partial charge on any atom is -0.490 e. The Morgan fingerprint density at radius 1 is 1.02 bits per heavy atom. The minimum atomic E-state index is -4.80. The molecule has 10 nitrogen and oxygen atoms in total. The van der Waals surface area contributed by atoms with E-state index in [1.807, 2.05) is 0 Å². The molecule has 2 N–H and O–H groups in total. The third-order valence-electron chi connectivity index (χ3n) is 6.65. The van der Waals surface area contributed by atoms with Gasteiger partial charge in [-0.2, -0.15) is 4.31 Å². The van der Waals surface area contributed by atoms with Gasteiger partial charge < -0.3 is 19.3 Å². The Morgan fingerprint density at radius 2 is 1.68 bits per heavy atom. The van der Waals surface area contributed by atoms with Crippen molar-refractivity contribution in [2.75, 3.05) is 19.7 Å². The van der Waals surface area contributed by atoms with E-state index in [0.717, 1.165) is 25.0 Å². The molecule has 4 rings (SSSR count). The first kappa shape index (κ1) is 30.1. The lowest BCUT2D eigenvalue weighted by atomic mass is 9.95. The predicted octanol–water partition coefficient (Wildman–Crippen LogP) is 3.60. The van der Waals surface area contributed by atoms with E-state index in [-0.39, 0.29) is 35.4 Å². The molecule has 0 aliphatic carbocycles. The van der Waals surface area contributed by atoms with E-state index in [1.54, 1.807) is 0 Å². The Bertz CT molecular complexity index is 1260. The Balaban J connectivity index is 1.39. The topological polar surface area (TPSA) is 124 Å². The van der Waals surface area contributed by atoms with Gasteiger partial charge in [0, 0.05) is 31.7 Å². The molecule has 0 spiro atoms. The van der Waals surface area contributed by atoms with Crippen molar-refractivity contribution in [1.29, 1.82) is 0 Å². The van der Waals surface area contributed by atoms with Gasteiger partial charge in [-0.3, -0.25) is 4.79 Å². The van der Waals surface area contributed by atoms with E-state index in [9.17, 15) is 31.5 Å². The lowest BCUT2D eigenvalue weighted by molar-refractivity contribution is -0.274. The van der Waals surface area contributed by atoms with Crippen LogP contribution in [0.25, 0.3) is 0 Å². The van der Waals surface area contributed by atoms with Crippen LogP contribution in [0.4, 0.5) is 13.2 Å². The number of hydrogen-bond donors (Lipinski definition) is 2. The number of aliphatic hydroxyl groups is 1. The van der Waals surface area contributed by atoms with Crippen molar-refractivity contribution in [2.24, 2.45) is 0 Å². The lowest BCUT2D eigenvalue weighted by Crippen LogP contribution is -2.46. The molecule has 2 aromatic carbocycles. The van der Waals surface area contributed by atoms with Gasteiger partial charge in [0.15, 0.2) is 11.9 Å². The SMILES string of the molecule is CC(O)(C(=O)NOC1CCCCO1)c1ccccc1S(=O)(=O)N1CCC(Oc2ccc(OC(F)(F)F)cc2)CC1. The highest BCUT2D eigenvalue weighted by molar-refractivity contribution is 7.89. The molecular weight excluding hydrogens is 557 g/mol. The van der Waals surface area contributed by atoms with Crippen LogP contribution in [0.5, 0.6) is 11.5 Å². The molecule has 2 unspecified atom stereocenters. The van der Waals surface area contributed by atoms with Gasteiger partial charge in [-0.15, -0.1) is 13.2 Å². The summed E-state index contributed by atoms with van der Waals surface area (Å²) in [5, 5.41) is 11.1. The summed E-state index contributed by atoms with van der Waals surface area (Å²) in [4.78, 5) is 17.9. The van der Waals surface area contributed by atoms with Gasteiger partial charge in [0.1, 0.15) is 17.6 Å². The van der Waals surface area contributed by atoms with Gasteiger partial charge >= 0.3 is 6.36 Å². The van der Waals surface area contributed by atoms with Crippen LogP contribution in [0.2, 0.25) is 0 Å². The summed E-state index contributed by atoms with van der Waals surface area (Å²) in [6.07, 6.45) is -2.87. The number of benzene rings is 2. The molecule has 0 bridgehead atoms. The predicted molar refractivity (Wildman–Crippen MR) is 134 cm³/mol. The number of rotatable bonds is 9. The first-order valence-corrected chi connectivity index (χ1v) is 14.2. The van der Waals surface area contributed by atoms with Gasteiger partial charge in [0.05, 0.1) is 4.90 Å². The first-order chi connectivity index (χ1) is 18.9. The summed E-state index contributed by atoms with van der Waals surface area (Å²) in [6.45, 7) is 1.86. The van der Waals surface area contributed by atoms with Crippen molar-refractivity contribution in [1.82, 2.24) is 9.79 Å². The molecule has 220 valence electrons. The first-order valence-electron chi connectivity index (χ1n) is 12.8. The van der Waals surface area contributed by atoms with E-state index in [2.05, 4.69) is 10.2 Å². The monoisotopic (exact) mass is 588 g/mol. The van der Waals surface area contributed by atoms with Crippen LogP contribution < -0.4 is 15.0 Å². The average molecular weight is 589 g/mol. The number of ether oxygens (including phenoxy) is 3. The number of piperidine rings is 1. The maximum atomic E-state index is 13.6. The summed E-state index contributed by atoms with van der Waals surface area (Å²) in [5.74, 6) is -0.995. The molecule has 2 saturated heterocycles. The molecule has 2 fully saturated rings. The van der Waals surface area contributed by atoms with E-state index < -0.39 is 34.2 Å². The Kier molecular flexibility index (Phi) is 9.25. The maximum absolute atomic E-state index is 13.6. The molecule has 2 aliphatic rings. The third kappa shape index (κ3) is 7.43. The second kappa shape index (κ2) is 12.3. The molecular formula is C26H31F3N2O8S. The second-order valence-corrected chi connectivity index (χ2v) is 11.6. The molecule has 2 aliphatic heterocycles. The normalized spacial score (nSPS) is 20.9. The fourth-order valence-corrected chi connectivity index (χ4v) is 6.25. The fraction of sp³-hybridized carbons (Fsp3) is 0.500. The van der Waals surface area contributed by atoms with Gasteiger partial charge in [0.25, 0.3) is 5.91 Å². The summed E-state index contributed by atoms with van der Waals surface area (Å²) in [6, 6.07) is 10.7. The fourth-order valence-electron chi connectivity index (χ4n) is 4.48. The smallest absolute Gasteiger partial charge is 0.490 e. The van der Waals surface area contributed by atoms with E-state index in [1.165, 1.54) is 47.6 Å². The third-order valence-corrected chi connectivity index (χ3v) is 8.61. The maximum Gasteiger partial charge on any atom is 0.573 e. The zero-order valence-electron chi connectivity index (χ0n) is 21.7. The largest absolute Gasteiger partial charge is 0.573 e. The molecule has 0 radical (unpaired) electrons. The zero-order chi connectivity index (χ0) is 29.0. The number of amides is 1. The quantitative estimate of drug-likeness (QED) is 0.426. The van der Waals surface area contributed by atoms with E-state index in [0.29, 0.717) is 31.6 Å².